The van der Waals surface area contributed by atoms with Gasteiger partial charge >= 0.3 is 0 Å². The van der Waals surface area contributed by atoms with E-state index in [1.807, 2.05) is 0 Å². The molecule has 0 bridgehead atoms. The first kappa shape index (κ1) is 12.5. The van der Waals surface area contributed by atoms with Crippen molar-refractivity contribution in [2.45, 2.75) is 6.42 Å². The normalized spacial score (nSPS) is 19.7. The molecule has 5 heteroatoms. The van der Waals surface area contributed by atoms with Crippen LogP contribution in [0.4, 0.5) is 4.39 Å². The fraction of sp³-hybridized carbons (Fsp3) is 0.417. The smallest absolute Gasteiger partial charge is 0.255 e. The highest BCUT2D eigenvalue weighted by atomic mass is 79.9. The van der Waals surface area contributed by atoms with Gasteiger partial charge < -0.3 is 10.6 Å². The molecule has 1 amide bonds. The molecule has 0 saturated carbocycles. The number of carbonyl (C=O) groups excluding carboxylic acids is 1. The molecule has 1 atom stereocenters. The average molecular weight is 301 g/mol. The first-order valence-electron chi connectivity index (χ1n) is 5.57. The van der Waals surface area contributed by atoms with Crippen molar-refractivity contribution in [1.82, 2.24) is 4.90 Å². The van der Waals surface area contributed by atoms with E-state index >= 15 is 0 Å². The van der Waals surface area contributed by atoms with Gasteiger partial charge in [0.15, 0.2) is 0 Å². The number of amides is 1. The van der Waals surface area contributed by atoms with Crippen molar-refractivity contribution in [3.8, 4) is 0 Å². The highest BCUT2D eigenvalue weighted by Crippen LogP contribution is 2.24. The molecule has 1 aromatic rings. The molecule has 2 N–H and O–H groups in total. The first-order valence-corrected chi connectivity index (χ1v) is 6.36. The number of nitrogens with zero attached hydrogens (tertiary/aromatic N) is 1. The molecule has 1 heterocycles. The summed E-state index contributed by atoms with van der Waals surface area (Å²) in [6.45, 7) is 1.95. The molecular weight excluding hydrogens is 287 g/mol. The van der Waals surface area contributed by atoms with Gasteiger partial charge in [0.25, 0.3) is 5.91 Å². The zero-order valence-corrected chi connectivity index (χ0v) is 10.9. The molecule has 0 radical (unpaired) electrons. The van der Waals surface area contributed by atoms with E-state index in [4.69, 9.17) is 5.73 Å². The second-order valence-corrected chi connectivity index (χ2v) is 5.04. The number of benzene rings is 1. The van der Waals surface area contributed by atoms with Crippen LogP contribution < -0.4 is 5.73 Å². The minimum absolute atomic E-state index is 0.132. The van der Waals surface area contributed by atoms with Crippen molar-refractivity contribution in [3.05, 3.63) is 34.1 Å². The molecule has 1 unspecified atom stereocenters. The zero-order valence-electron chi connectivity index (χ0n) is 9.33. The number of halogens is 2. The van der Waals surface area contributed by atoms with E-state index in [2.05, 4.69) is 15.9 Å². The van der Waals surface area contributed by atoms with Crippen molar-refractivity contribution in [1.29, 1.82) is 0 Å². The van der Waals surface area contributed by atoms with Gasteiger partial charge in [-0.05, 0) is 46.9 Å². The van der Waals surface area contributed by atoms with Crippen LogP contribution in [0.2, 0.25) is 0 Å². The SMILES string of the molecule is NCC1CCN(C(=O)c2cccc(F)c2Br)C1. The number of rotatable bonds is 2. The van der Waals surface area contributed by atoms with Crippen molar-refractivity contribution in [3.63, 3.8) is 0 Å². The fourth-order valence-electron chi connectivity index (χ4n) is 2.05. The van der Waals surface area contributed by atoms with Crippen molar-refractivity contribution in [2.24, 2.45) is 11.7 Å². The van der Waals surface area contributed by atoms with Crippen LogP contribution in [0.3, 0.4) is 0 Å². The molecule has 0 spiro atoms. The van der Waals surface area contributed by atoms with Crippen LogP contribution in [-0.4, -0.2) is 30.4 Å². The van der Waals surface area contributed by atoms with E-state index in [1.165, 1.54) is 6.07 Å². The van der Waals surface area contributed by atoms with E-state index in [-0.39, 0.29) is 10.4 Å². The summed E-state index contributed by atoms with van der Waals surface area (Å²) in [5.74, 6) is -0.177. The lowest BCUT2D eigenvalue weighted by Crippen LogP contribution is -2.30. The van der Waals surface area contributed by atoms with Gasteiger partial charge in [-0.2, -0.15) is 0 Å². The minimum Gasteiger partial charge on any atom is -0.338 e. The lowest BCUT2D eigenvalue weighted by molar-refractivity contribution is 0.0786. The Hall–Kier alpha value is -0.940. The molecule has 1 fully saturated rings. The predicted octanol–water partition coefficient (Wildman–Crippen LogP) is 2.01. The van der Waals surface area contributed by atoms with E-state index < -0.39 is 5.82 Å². The Kier molecular flexibility index (Phi) is 3.79. The molecule has 17 heavy (non-hydrogen) atoms. The van der Waals surface area contributed by atoms with Gasteiger partial charge in [0.1, 0.15) is 5.82 Å². The summed E-state index contributed by atoms with van der Waals surface area (Å²) in [6, 6.07) is 4.50. The van der Waals surface area contributed by atoms with Crippen LogP contribution in [0.1, 0.15) is 16.8 Å². The lowest BCUT2D eigenvalue weighted by Gasteiger charge is -2.17. The standard InChI is InChI=1S/C12H14BrFN2O/c13-11-9(2-1-3-10(11)14)12(17)16-5-4-8(6-15)7-16/h1-3,8H,4-7,15H2. The first-order chi connectivity index (χ1) is 8.13. The van der Waals surface area contributed by atoms with Crippen molar-refractivity contribution < 1.29 is 9.18 Å². The summed E-state index contributed by atoms with van der Waals surface area (Å²) in [6.07, 6.45) is 0.926. The number of likely N-dealkylation sites (tertiary alicyclic amines) is 1. The molecular formula is C12H14BrFN2O. The second-order valence-electron chi connectivity index (χ2n) is 4.24. The van der Waals surface area contributed by atoms with Gasteiger partial charge in [-0.1, -0.05) is 6.07 Å². The summed E-state index contributed by atoms with van der Waals surface area (Å²) in [5.41, 5.74) is 5.96. The van der Waals surface area contributed by atoms with Crippen LogP contribution in [-0.2, 0) is 0 Å². The molecule has 2 rings (SSSR count). The van der Waals surface area contributed by atoms with Gasteiger partial charge in [-0.3, -0.25) is 4.79 Å². The van der Waals surface area contributed by atoms with Gasteiger partial charge in [-0.15, -0.1) is 0 Å². The number of hydrogen-bond acceptors (Lipinski definition) is 2. The number of nitrogens with two attached hydrogens (primary N) is 1. The lowest BCUT2D eigenvalue weighted by atomic mass is 10.1. The van der Waals surface area contributed by atoms with Gasteiger partial charge in [0.05, 0.1) is 10.0 Å². The van der Waals surface area contributed by atoms with E-state index in [9.17, 15) is 9.18 Å². The Morgan fingerprint density at radius 3 is 3.00 bits per heavy atom. The molecule has 1 aliphatic rings. The van der Waals surface area contributed by atoms with Gasteiger partial charge in [0, 0.05) is 13.1 Å². The molecule has 92 valence electrons. The summed E-state index contributed by atoms with van der Waals surface area (Å²) >= 11 is 3.11. The molecule has 1 aliphatic heterocycles. The fourth-order valence-corrected chi connectivity index (χ4v) is 2.48. The van der Waals surface area contributed by atoms with Crippen LogP contribution in [0, 0.1) is 11.7 Å². The topological polar surface area (TPSA) is 46.3 Å². The van der Waals surface area contributed by atoms with Crippen LogP contribution in [0.25, 0.3) is 0 Å². The third kappa shape index (κ3) is 2.50. The molecule has 3 nitrogen and oxygen atoms in total. The van der Waals surface area contributed by atoms with E-state index in [0.29, 0.717) is 31.1 Å². The minimum atomic E-state index is -0.412. The molecule has 0 aromatic heterocycles. The van der Waals surface area contributed by atoms with Gasteiger partial charge in [-0.25, -0.2) is 4.39 Å². The summed E-state index contributed by atoms with van der Waals surface area (Å²) < 4.78 is 13.6. The van der Waals surface area contributed by atoms with Crippen LogP contribution >= 0.6 is 15.9 Å². The Morgan fingerprint density at radius 1 is 1.59 bits per heavy atom. The Balaban J connectivity index is 2.18. The monoisotopic (exact) mass is 300 g/mol. The summed E-state index contributed by atoms with van der Waals surface area (Å²) in [5, 5.41) is 0. The Morgan fingerprint density at radius 2 is 2.35 bits per heavy atom. The summed E-state index contributed by atoms with van der Waals surface area (Å²) in [4.78, 5) is 13.9. The van der Waals surface area contributed by atoms with Crippen LogP contribution in [0.5, 0.6) is 0 Å². The quantitative estimate of drug-likeness (QED) is 0.908. The zero-order chi connectivity index (χ0) is 12.4. The third-order valence-electron chi connectivity index (χ3n) is 3.09. The largest absolute Gasteiger partial charge is 0.338 e. The maximum Gasteiger partial charge on any atom is 0.255 e. The Labute approximate surface area is 108 Å². The molecule has 1 saturated heterocycles. The van der Waals surface area contributed by atoms with Crippen molar-refractivity contribution >= 4 is 21.8 Å². The highest BCUT2D eigenvalue weighted by molar-refractivity contribution is 9.10. The Bertz CT molecular complexity index is 439. The maximum atomic E-state index is 13.3. The predicted molar refractivity (Wildman–Crippen MR) is 67.2 cm³/mol. The molecule has 0 aliphatic carbocycles. The maximum absolute atomic E-state index is 13.3. The van der Waals surface area contributed by atoms with E-state index in [0.717, 1.165) is 6.42 Å². The number of carbonyl (C=O) groups is 1. The second kappa shape index (κ2) is 5.14. The summed E-state index contributed by atoms with van der Waals surface area (Å²) in [7, 11) is 0. The molecule has 1 aromatic carbocycles. The van der Waals surface area contributed by atoms with Gasteiger partial charge in [0.2, 0.25) is 0 Å². The van der Waals surface area contributed by atoms with Crippen molar-refractivity contribution in [2.75, 3.05) is 19.6 Å². The van der Waals surface area contributed by atoms with Crippen LogP contribution in [0.15, 0.2) is 22.7 Å². The average Bonchev–Trinajstić information content (AvgIpc) is 2.80. The number of hydrogen-bond donors (Lipinski definition) is 1. The highest BCUT2D eigenvalue weighted by Gasteiger charge is 2.27. The van der Waals surface area contributed by atoms with E-state index in [1.54, 1.807) is 17.0 Å². The third-order valence-corrected chi connectivity index (χ3v) is 3.89.